The summed E-state index contributed by atoms with van der Waals surface area (Å²) in [5, 5.41) is 12.7. The smallest absolute Gasteiger partial charge is 0.0431 e. The van der Waals surface area contributed by atoms with Crippen LogP contribution < -0.4 is 0 Å². The summed E-state index contributed by atoms with van der Waals surface area (Å²) in [6.07, 6.45) is 9.11. The van der Waals surface area contributed by atoms with Crippen LogP contribution in [0.4, 0.5) is 0 Å². The van der Waals surface area contributed by atoms with Gasteiger partial charge in [-0.05, 0) is 38.0 Å². The van der Waals surface area contributed by atoms with Crippen LogP contribution in [-0.2, 0) is 10.3 Å². The van der Waals surface area contributed by atoms with Gasteiger partial charge in [-0.1, -0.05) is 40.0 Å². The Labute approximate surface area is 116 Å². The molecule has 1 aliphatic carbocycles. The van der Waals surface area contributed by atoms with Crippen LogP contribution in [-0.4, -0.2) is 22.2 Å². The molecule has 2 heteroatoms. The zero-order chi connectivity index (χ0) is 13.6. The molecular weight excluding hydrogens is 240 g/mol. The average molecular weight is 271 g/mol. The summed E-state index contributed by atoms with van der Waals surface area (Å²) in [7, 11) is 0.279. The van der Waals surface area contributed by atoms with Gasteiger partial charge in [0.1, 0.15) is 0 Å². The van der Waals surface area contributed by atoms with Crippen molar-refractivity contribution in [1.29, 1.82) is 0 Å². The molecule has 0 unspecified atom stereocenters. The van der Waals surface area contributed by atoms with Crippen molar-refractivity contribution in [3.63, 3.8) is 0 Å². The molecule has 0 spiro atoms. The van der Waals surface area contributed by atoms with Crippen molar-refractivity contribution in [2.24, 2.45) is 5.41 Å². The normalized spacial score (nSPS) is 19.9. The van der Waals surface area contributed by atoms with E-state index < -0.39 is 0 Å². The first-order chi connectivity index (χ1) is 8.43. The first-order valence-electron chi connectivity index (χ1n) is 7.43. The zero-order valence-electron chi connectivity index (χ0n) is 12.7. The molecule has 0 atom stereocenters. The molecule has 1 nitrogen and oxygen atoms in total. The third-order valence-corrected chi connectivity index (χ3v) is 7.09. The molecule has 0 heterocycles. The second-order valence-corrected chi connectivity index (χ2v) is 9.44. The van der Waals surface area contributed by atoms with Crippen molar-refractivity contribution < 1.29 is 5.11 Å². The van der Waals surface area contributed by atoms with E-state index in [0.717, 1.165) is 6.42 Å². The Kier molecular flexibility index (Phi) is 6.30. The Morgan fingerprint density at radius 2 is 1.78 bits per heavy atom. The molecule has 0 radical (unpaired) electrons. The fourth-order valence-corrected chi connectivity index (χ4v) is 5.36. The highest BCUT2D eigenvalue weighted by Crippen LogP contribution is 2.41. The van der Waals surface area contributed by atoms with E-state index in [9.17, 15) is 0 Å². The third kappa shape index (κ3) is 4.64. The molecule has 0 aromatic heterocycles. The fraction of sp³-hybridized carbons (Fsp3) is 0.938. The van der Waals surface area contributed by atoms with E-state index in [1.54, 1.807) is 0 Å². The Morgan fingerprint density at radius 1 is 1.17 bits per heavy atom. The summed E-state index contributed by atoms with van der Waals surface area (Å²) >= 11 is 0. The standard InChI is InChI=1S/C16H31OS/c1-5-18(15(2,3)4)14-16(12-9-13-17)10-7-6-8-11-16/h17H,6-14H2,1-4H3/q-1. The molecule has 0 amide bonds. The van der Waals surface area contributed by atoms with Crippen LogP contribution in [0.25, 0.3) is 0 Å². The van der Waals surface area contributed by atoms with Gasteiger partial charge in [0.05, 0.1) is 0 Å². The van der Waals surface area contributed by atoms with E-state index in [1.807, 2.05) is 0 Å². The van der Waals surface area contributed by atoms with Gasteiger partial charge >= 0.3 is 0 Å². The molecule has 1 rings (SSSR count). The second kappa shape index (κ2) is 7.03. The lowest BCUT2D eigenvalue weighted by molar-refractivity contribution is 0.177. The number of aliphatic hydroxyl groups excluding tert-OH is 1. The van der Waals surface area contributed by atoms with Crippen molar-refractivity contribution in [2.45, 2.75) is 77.4 Å². The monoisotopic (exact) mass is 271 g/mol. The molecule has 108 valence electrons. The lowest BCUT2D eigenvalue weighted by atomic mass is 9.72. The fourth-order valence-electron chi connectivity index (χ4n) is 3.12. The highest BCUT2D eigenvalue weighted by atomic mass is 32.2. The van der Waals surface area contributed by atoms with Crippen molar-refractivity contribution in [1.82, 2.24) is 0 Å². The first kappa shape index (κ1) is 16.1. The van der Waals surface area contributed by atoms with E-state index in [0.29, 0.717) is 16.8 Å². The van der Waals surface area contributed by atoms with Gasteiger partial charge in [-0.2, -0.15) is 0 Å². The number of hydrogen-bond acceptors (Lipinski definition) is 2. The van der Waals surface area contributed by atoms with Crippen LogP contribution in [0.1, 0.15) is 72.6 Å². The molecule has 1 saturated carbocycles. The highest BCUT2D eigenvalue weighted by molar-refractivity contribution is 7.88. The van der Waals surface area contributed by atoms with E-state index in [1.165, 1.54) is 44.3 Å². The summed E-state index contributed by atoms with van der Waals surface area (Å²) in [5.74, 6) is 1.30. The summed E-state index contributed by atoms with van der Waals surface area (Å²) < 4.78 is 0.346. The van der Waals surface area contributed by atoms with Crippen LogP contribution in [0, 0.1) is 10.6 Å². The Hall–Kier alpha value is 0.0900. The third-order valence-electron chi connectivity index (χ3n) is 4.22. The minimum absolute atomic E-state index is 0.279. The average Bonchev–Trinajstić information content (AvgIpc) is 2.33. The number of hydrogen-bond donors (Lipinski definition) is 1. The molecule has 1 aliphatic rings. The summed E-state index contributed by atoms with van der Waals surface area (Å²) in [6, 6.07) is 0. The molecule has 1 N–H and O–H groups in total. The maximum atomic E-state index is 9.15. The number of rotatable bonds is 4. The lowest BCUT2D eigenvalue weighted by Crippen LogP contribution is -2.35. The SMILES string of the molecule is CC#[S-](CC1(CCCO)CCCCC1)C(C)(C)C. The molecule has 18 heavy (non-hydrogen) atoms. The summed E-state index contributed by atoms with van der Waals surface area (Å²) in [5.41, 5.74) is 0.500. The second-order valence-electron chi connectivity index (χ2n) is 6.74. The van der Waals surface area contributed by atoms with Crippen LogP contribution in [0.15, 0.2) is 0 Å². The molecular formula is C16H31OS-. The Bertz CT molecular complexity index is 320. The van der Waals surface area contributed by atoms with Crippen molar-refractivity contribution >= 4 is 10.3 Å². The highest BCUT2D eigenvalue weighted by Gasteiger charge is 2.29. The predicted molar refractivity (Wildman–Crippen MR) is 83.4 cm³/mol. The maximum absolute atomic E-state index is 9.15. The van der Waals surface area contributed by atoms with Gasteiger partial charge in [-0.3, -0.25) is 0 Å². The van der Waals surface area contributed by atoms with Gasteiger partial charge in [-0.25, -0.2) is 0 Å². The Morgan fingerprint density at radius 3 is 2.22 bits per heavy atom. The topological polar surface area (TPSA) is 20.2 Å². The van der Waals surface area contributed by atoms with Gasteiger partial charge in [0, 0.05) is 6.61 Å². The molecule has 0 saturated heterocycles. The van der Waals surface area contributed by atoms with E-state index in [-0.39, 0.29) is 10.3 Å². The van der Waals surface area contributed by atoms with Crippen molar-refractivity contribution in [3.05, 3.63) is 0 Å². The van der Waals surface area contributed by atoms with E-state index in [2.05, 4.69) is 32.9 Å². The Balaban J connectivity index is 2.79. The first-order valence-corrected chi connectivity index (χ1v) is 8.82. The predicted octanol–water partition coefficient (Wildman–Crippen LogP) is 4.11. The van der Waals surface area contributed by atoms with E-state index >= 15 is 0 Å². The van der Waals surface area contributed by atoms with Crippen molar-refractivity contribution in [3.8, 4) is 5.18 Å². The van der Waals surface area contributed by atoms with Gasteiger partial charge in [0.15, 0.2) is 0 Å². The summed E-state index contributed by atoms with van der Waals surface area (Å²) in [6.45, 7) is 9.49. The molecule has 0 bridgehead atoms. The van der Waals surface area contributed by atoms with Crippen LogP contribution in [0.2, 0.25) is 0 Å². The van der Waals surface area contributed by atoms with Gasteiger partial charge in [-0.15, -0.1) is 10.5 Å². The minimum atomic E-state index is 0.279. The molecule has 1 fully saturated rings. The molecule has 0 aromatic rings. The maximum Gasteiger partial charge on any atom is 0.0431 e. The van der Waals surface area contributed by atoms with Gasteiger partial charge in [0.25, 0.3) is 0 Å². The minimum Gasteiger partial charge on any atom is -0.449 e. The summed E-state index contributed by atoms with van der Waals surface area (Å²) in [4.78, 5) is 0. The van der Waals surface area contributed by atoms with Gasteiger partial charge in [0.2, 0.25) is 0 Å². The van der Waals surface area contributed by atoms with Gasteiger partial charge < -0.3 is 20.6 Å². The van der Waals surface area contributed by atoms with Crippen LogP contribution >= 0.6 is 0 Å². The largest absolute Gasteiger partial charge is 0.449 e. The zero-order valence-corrected chi connectivity index (χ0v) is 13.5. The van der Waals surface area contributed by atoms with Crippen molar-refractivity contribution in [2.75, 3.05) is 12.4 Å². The van der Waals surface area contributed by atoms with Crippen LogP contribution in [0.5, 0.6) is 0 Å². The lowest BCUT2D eigenvalue weighted by Gasteiger charge is -2.47. The number of aliphatic hydroxyl groups is 1. The van der Waals surface area contributed by atoms with E-state index in [4.69, 9.17) is 5.11 Å². The van der Waals surface area contributed by atoms with Crippen LogP contribution in [0.3, 0.4) is 0 Å². The molecule has 0 aromatic carbocycles. The molecule has 0 aliphatic heterocycles. The quantitative estimate of drug-likeness (QED) is 0.763.